The van der Waals surface area contributed by atoms with Crippen molar-refractivity contribution in [1.82, 2.24) is 4.90 Å². The molecular weight excluding hydrogens is 292 g/mol. The molecule has 0 saturated carbocycles. The quantitative estimate of drug-likeness (QED) is 0.770. The molecule has 0 atom stereocenters. The molecule has 0 unspecified atom stereocenters. The van der Waals surface area contributed by atoms with Gasteiger partial charge in [-0.05, 0) is 18.2 Å². The van der Waals surface area contributed by atoms with Crippen molar-refractivity contribution in [2.75, 3.05) is 33.1 Å². The second kappa shape index (κ2) is 7.87. The normalized spacial score (nSPS) is 9.77. The predicted molar refractivity (Wildman–Crippen MR) is 78.2 cm³/mol. The molecule has 0 radical (unpaired) electrons. The van der Waals surface area contributed by atoms with Crippen LogP contribution in [0.5, 0.6) is 5.75 Å². The van der Waals surface area contributed by atoms with Gasteiger partial charge in [-0.25, -0.2) is 9.59 Å². The Bertz CT molecular complexity index is 572. The van der Waals surface area contributed by atoms with Crippen LogP contribution >= 0.6 is 0 Å². The summed E-state index contributed by atoms with van der Waals surface area (Å²) in [7, 11) is 4.15. The largest absolute Gasteiger partial charge is 0.495 e. The number of carbonyl (C=O) groups excluding carboxylic acids is 2. The zero-order chi connectivity index (χ0) is 16.7. The average Bonchev–Trinajstić information content (AvgIpc) is 2.51. The van der Waals surface area contributed by atoms with E-state index in [1.54, 1.807) is 0 Å². The number of anilines is 1. The molecule has 0 aliphatic heterocycles. The third-order valence-electron chi connectivity index (χ3n) is 2.87. The Morgan fingerprint density at radius 2 is 1.95 bits per heavy atom. The first-order chi connectivity index (χ1) is 10.4. The lowest BCUT2D eigenvalue weighted by Crippen LogP contribution is -2.33. The highest BCUT2D eigenvalue weighted by Gasteiger charge is 2.15. The van der Waals surface area contributed by atoms with Crippen molar-refractivity contribution in [3.8, 4) is 5.75 Å². The van der Waals surface area contributed by atoms with Gasteiger partial charge in [-0.2, -0.15) is 0 Å². The van der Waals surface area contributed by atoms with Gasteiger partial charge in [-0.15, -0.1) is 0 Å². The molecule has 120 valence electrons. The molecule has 8 heteroatoms. The molecular formula is C14H18N2O6. The van der Waals surface area contributed by atoms with Crippen molar-refractivity contribution < 1.29 is 29.0 Å². The Balaban J connectivity index is 2.82. The molecule has 2 amide bonds. The minimum Gasteiger partial charge on any atom is -0.495 e. The van der Waals surface area contributed by atoms with Gasteiger partial charge in [0.15, 0.2) is 0 Å². The summed E-state index contributed by atoms with van der Waals surface area (Å²) in [5.74, 6) is -1.21. The summed E-state index contributed by atoms with van der Waals surface area (Å²) >= 11 is 0. The van der Waals surface area contributed by atoms with Gasteiger partial charge < -0.3 is 24.8 Å². The fraction of sp³-hybridized carbons (Fsp3) is 0.357. The summed E-state index contributed by atoms with van der Waals surface area (Å²) in [5.41, 5.74) is 0.652. The van der Waals surface area contributed by atoms with E-state index in [0.717, 1.165) is 0 Å². The second-order valence-electron chi connectivity index (χ2n) is 4.40. The first kappa shape index (κ1) is 17.3. The van der Waals surface area contributed by atoms with Crippen molar-refractivity contribution in [2.45, 2.75) is 6.42 Å². The minimum atomic E-state index is -0.986. The maximum atomic E-state index is 11.9. The van der Waals surface area contributed by atoms with E-state index in [4.69, 9.17) is 9.84 Å². The van der Waals surface area contributed by atoms with E-state index in [-0.39, 0.29) is 18.5 Å². The summed E-state index contributed by atoms with van der Waals surface area (Å²) in [5, 5.41) is 11.2. The molecule has 8 nitrogen and oxygen atoms in total. The third kappa shape index (κ3) is 4.65. The van der Waals surface area contributed by atoms with Crippen LogP contribution in [0.1, 0.15) is 16.8 Å². The minimum absolute atomic E-state index is 0.0731. The number of esters is 1. The number of amides is 2. The van der Waals surface area contributed by atoms with E-state index in [0.29, 0.717) is 11.4 Å². The lowest BCUT2D eigenvalue weighted by Gasteiger charge is -2.18. The van der Waals surface area contributed by atoms with Crippen LogP contribution in [0.25, 0.3) is 0 Å². The number of rotatable bonds is 6. The van der Waals surface area contributed by atoms with Gasteiger partial charge in [0.2, 0.25) is 0 Å². The Morgan fingerprint density at radius 1 is 1.27 bits per heavy atom. The van der Waals surface area contributed by atoms with Crippen LogP contribution in [-0.2, 0) is 9.53 Å². The summed E-state index contributed by atoms with van der Waals surface area (Å²) in [6, 6.07) is 3.96. The number of urea groups is 1. The van der Waals surface area contributed by atoms with Gasteiger partial charge in [-0.1, -0.05) is 0 Å². The number of carboxylic acids is 1. The molecule has 1 aromatic rings. The van der Waals surface area contributed by atoms with Crippen LogP contribution in [0.3, 0.4) is 0 Å². The van der Waals surface area contributed by atoms with Crippen molar-refractivity contribution >= 4 is 23.7 Å². The van der Waals surface area contributed by atoms with Crippen molar-refractivity contribution in [3.05, 3.63) is 23.8 Å². The fourth-order valence-corrected chi connectivity index (χ4v) is 1.61. The first-order valence-corrected chi connectivity index (χ1v) is 6.39. The third-order valence-corrected chi connectivity index (χ3v) is 2.87. The van der Waals surface area contributed by atoms with Gasteiger partial charge >= 0.3 is 18.0 Å². The molecule has 0 saturated heterocycles. The van der Waals surface area contributed by atoms with Gasteiger partial charge in [0.25, 0.3) is 0 Å². The molecule has 1 aromatic carbocycles. The molecule has 0 aromatic heterocycles. The molecule has 1 rings (SSSR count). The number of hydrogen-bond donors (Lipinski definition) is 2. The van der Waals surface area contributed by atoms with Crippen LogP contribution in [-0.4, -0.2) is 55.8 Å². The van der Waals surface area contributed by atoms with E-state index in [9.17, 15) is 14.4 Å². The van der Waals surface area contributed by atoms with Gasteiger partial charge in [0.05, 0.1) is 31.9 Å². The number of hydrogen-bond acceptors (Lipinski definition) is 5. The second-order valence-corrected chi connectivity index (χ2v) is 4.40. The standard InChI is InChI=1S/C14H18N2O6/c1-16(7-6-12(17)18)14(20)15-10-5-4-9(13(19)22-3)8-11(10)21-2/h4-5,8H,6-7H2,1-3H3,(H,15,20)(H,17,18). The van der Waals surface area contributed by atoms with E-state index in [1.165, 1.54) is 44.4 Å². The summed E-state index contributed by atoms with van der Waals surface area (Å²) in [4.78, 5) is 35.1. The van der Waals surface area contributed by atoms with Crippen LogP contribution in [0, 0.1) is 0 Å². The number of ether oxygens (including phenoxy) is 2. The SMILES string of the molecule is COC(=O)c1ccc(NC(=O)N(C)CCC(=O)O)c(OC)c1. The van der Waals surface area contributed by atoms with Gasteiger partial charge in [0.1, 0.15) is 5.75 Å². The van der Waals surface area contributed by atoms with Crippen LogP contribution < -0.4 is 10.1 Å². The van der Waals surface area contributed by atoms with Crippen LogP contribution in [0.2, 0.25) is 0 Å². The fourth-order valence-electron chi connectivity index (χ4n) is 1.61. The topological polar surface area (TPSA) is 105 Å². The molecule has 0 bridgehead atoms. The van der Waals surface area contributed by atoms with Crippen LogP contribution in [0.15, 0.2) is 18.2 Å². The Hall–Kier alpha value is -2.77. The number of methoxy groups -OCH3 is 2. The zero-order valence-electron chi connectivity index (χ0n) is 12.6. The zero-order valence-corrected chi connectivity index (χ0v) is 12.6. The Kier molecular flexibility index (Phi) is 6.18. The first-order valence-electron chi connectivity index (χ1n) is 6.39. The van der Waals surface area contributed by atoms with Crippen molar-refractivity contribution in [1.29, 1.82) is 0 Å². The Labute approximate surface area is 127 Å². The van der Waals surface area contributed by atoms with Gasteiger partial charge in [-0.3, -0.25) is 4.79 Å². The lowest BCUT2D eigenvalue weighted by atomic mass is 10.2. The van der Waals surface area contributed by atoms with Crippen molar-refractivity contribution in [3.63, 3.8) is 0 Å². The molecule has 2 N–H and O–H groups in total. The summed E-state index contributed by atoms with van der Waals surface area (Å²) < 4.78 is 9.73. The highest BCUT2D eigenvalue weighted by Crippen LogP contribution is 2.26. The molecule has 0 spiro atoms. The number of nitrogens with one attached hydrogen (secondary N) is 1. The maximum absolute atomic E-state index is 11.9. The van der Waals surface area contributed by atoms with E-state index in [2.05, 4.69) is 10.1 Å². The number of benzene rings is 1. The summed E-state index contributed by atoms with van der Waals surface area (Å²) in [6.07, 6.45) is -0.150. The highest BCUT2D eigenvalue weighted by atomic mass is 16.5. The van der Waals surface area contributed by atoms with Crippen molar-refractivity contribution in [2.24, 2.45) is 0 Å². The smallest absolute Gasteiger partial charge is 0.337 e. The molecule has 0 heterocycles. The molecule has 22 heavy (non-hydrogen) atoms. The van der Waals surface area contributed by atoms with E-state index < -0.39 is 18.0 Å². The summed E-state index contributed by atoms with van der Waals surface area (Å²) in [6.45, 7) is 0.0731. The van der Waals surface area contributed by atoms with Crippen LogP contribution in [0.4, 0.5) is 10.5 Å². The average molecular weight is 310 g/mol. The Morgan fingerprint density at radius 3 is 2.50 bits per heavy atom. The van der Waals surface area contributed by atoms with E-state index >= 15 is 0 Å². The van der Waals surface area contributed by atoms with Gasteiger partial charge in [0, 0.05) is 13.6 Å². The number of carbonyl (C=O) groups is 3. The maximum Gasteiger partial charge on any atom is 0.337 e. The molecule has 0 aliphatic rings. The number of aliphatic carboxylic acids is 1. The molecule has 0 fully saturated rings. The molecule has 0 aliphatic carbocycles. The van der Waals surface area contributed by atoms with E-state index in [1.807, 2.05) is 0 Å². The lowest BCUT2D eigenvalue weighted by molar-refractivity contribution is -0.137. The monoisotopic (exact) mass is 310 g/mol. The highest BCUT2D eigenvalue weighted by molar-refractivity contribution is 5.94. The predicted octanol–water partition coefficient (Wildman–Crippen LogP) is 1.42. The number of carboxylic acid groups (broad SMARTS) is 1. The number of nitrogens with zero attached hydrogens (tertiary/aromatic N) is 1.